The highest BCUT2D eigenvalue weighted by molar-refractivity contribution is 5.45. The van der Waals surface area contributed by atoms with Crippen molar-refractivity contribution in [3.63, 3.8) is 0 Å². The first-order valence-corrected chi connectivity index (χ1v) is 7.59. The zero-order chi connectivity index (χ0) is 13.9. The lowest BCUT2D eigenvalue weighted by Gasteiger charge is -2.44. The molecule has 3 rings (SSSR count). The van der Waals surface area contributed by atoms with Crippen molar-refractivity contribution in [1.29, 1.82) is 0 Å². The van der Waals surface area contributed by atoms with Crippen molar-refractivity contribution < 1.29 is 9.84 Å². The largest absolute Gasteiger partial charge is 0.504 e. The summed E-state index contributed by atoms with van der Waals surface area (Å²) in [6, 6.07) is 6.46. The van der Waals surface area contributed by atoms with Gasteiger partial charge in [0.2, 0.25) is 0 Å². The lowest BCUT2D eigenvalue weighted by atomic mass is 9.99. The number of para-hydroxylation sites is 1. The third-order valence-electron chi connectivity index (χ3n) is 4.62. The first-order valence-electron chi connectivity index (χ1n) is 7.59. The fourth-order valence-corrected chi connectivity index (χ4v) is 3.46. The summed E-state index contributed by atoms with van der Waals surface area (Å²) in [7, 11) is 1.60. The van der Waals surface area contributed by atoms with Crippen LogP contribution >= 0.6 is 0 Å². The van der Waals surface area contributed by atoms with Gasteiger partial charge < -0.3 is 9.84 Å². The number of methoxy groups -OCH3 is 1. The van der Waals surface area contributed by atoms with Crippen molar-refractivity contribution in [2.24, 2.45) is 0 Å². The summed E-state index contributed by atoms with van der Waals surface area (Å²) in [6.07, 6.45) is 4.03. The lowest BCUT2D eigenvalue weighted by Crippen LogP contribution is -2.54. The predicted octanol–water partition coefficient (Wildman–Crippen LogP) is 2.07. The van der Waals surface area contributed by atoms with Crippen molar-refractivity contribution in [1.82, 2.24) is 9.80 Å². The predicted molar refractivity (Wildman–Crippen MR) is 79.1 cm³/mol. The van der Waals surface area contributed by atoms with Gasteiger partial charge in [-0.25, -0.2) is 0 Å². The molecule has 2 aliphatic heterocycles. The topological polar surface area (TPSA) is 35.9 Å². The van der Waals surface area contributed by atoms with Gasteiger partial charge in [0.25, 0.3) is 0 Å². The maximum Gasteiger partial charge on any atom is 0.162 e. The highest BCUT2D eigenvalue weighted by Gasteiger charge is 2.29. The van der Waals surface area contributed by atoms with Crippen molar-refractivity contribution in [2.75, 3.05) is 33.3 Å². The van der Waals surface area contributed by atoms with Gasteiger partial charge >= 0.3 is 0 Å². The first kappa shape index (κ1) is 13.7. The molecular formula is C16H24N2O2. The Morgan fingerprint density at radius 3 is 3.00 bits per heavy atom. The number of piperazine rings is 1. The lowest BCUT2D eigenvalue weighted by molar-refractivity contribution is 0.0453. The molecule has 2 heterocycles. The number of aromatic hydroxyl groups is 1. The molecule has 2 aliphatic rings. The first-order chi connectivity index (χ1) is 9.78. The van der Waals surface area contributed by atoms with E-state index in [1.807, 2.05) is 12.1 Å². The number of nitrogens with zero attached hydrogens (tertiary/aromatic N) is 2. The molecule has 2 fully saturated rings. The minimum absolute atomic E-state index is 0.293. The van der Waals surface area contributed by atoms with E-state index in [4.69, 9.17) is 4.74 Å². The van der Waals surface area contributed by atoms with E-state index in [2.05, 4.69) is 9.80 Å². The molecule has 1 aromatic rings. The summed E-state index contributed by atoms with van der Waals surface area (Å²) in [6.45, 7) is 5.45. The van der Waals surface area contributed by atoms with Gasteiger partial charge in [-0.2, -0.15) is 0 Å². The highest BCUT2D eigenvalue weighted by Crippen LogP contribution is 2.31. The molecule has 1 atom stereocenters. The molecule has 0 saturated carbocycles. The number of hydrogen-bond acceptors (Lipinski definition) is 4. The Hall–Kier alpha value is -1.26. The summed E-state index contributed by atoms with van der Waals surface area (Å²) in [5, 5.41) is 10.2. The van der Waals surface area contributed by atoms with Crippen LogP contribution in [0.25, 0.3) is 0 Å². The normalized spacial score (nSPS) is 24.4. The number of piperidine rings is 1. The summed E-state index contributed by atoms with van der Waals surface area (Å²) in [5.74, 6) is 0.861. The Bertz CT molecular complexity index is 464. The molecule has 1 aromatic carbocycles. The Balaban J connectivity index is 1.66. The van der Waals surface area contributed by atoms with Crippen molar-refractivity contribution in [2.45, 2.75) is 31.8 Å². The smallest absolute Gasteiger partial charge is 0.162 e. The highest BCUT2D eigenvalue weighted by atomic mass is 16.5. The summed E-state index contributed by atoms with van der Waals surface area (Å²) < 4.78 is 5.18. The van der Waals surface area contributed by atoms with E-state index >= 15 is 0 Å². The van der Waals surface area contributed by atoms with Crippen LogP contribution in [0.2, 0.25) is 0 Å². The molecule has 0 aromatic heterocycles. The molecule has 0 spiro atoms. The standard InChI is InChI=1S/C16H24N2O2/c1-20-15-7-4-5-13(16(15)19)11-17-9-10-18-8-3-2-6-14(18)12-17/h4-5,7,14,19H,2-3,6,8-12H2,1H3. The van der Waals surface area contributed by atoms with Crippen LogP contribution in [0.15, 0.2) is 18.2 Å². The number of benzene rings is 1. The average Bonchev–Trinajstić information content (AvgIpc) is 2.49. The zero-order valence-corrected chi connectivity index (χ0v) is 12.2. The number of hydrogen-bond donors (Lipinski definition) is 1. The maximum absolute atomic E-state index is 10.2. The number of fused-ring (bicyclic) bond motifs is 1. The van der Waals surface area contributed by atoms with Crippen LogP contribution in [0, 0.1) is 0 Å². The van der Waals surface area contributed by atoms with Gasteiger partial charge in [0.15, 0.2) is 11.5 Å². The van der Waals surface area contributed by atoms with Crippen molar-refractivity contribution in [3.8, 4) is 11.5 Å². The maximum atomic E-state index is 10.2. The molecule has 20 heavy (non-hydrogen) atoms. The third-order valence-corrected chi connectivity index (χ3v) is 4.62. The van der Waals surface area contributed by atoms with Crippen molar-refractivity contribution >= 4 is 0 Å². The molecule has 0 amide bonds. The molecule has 4 nitrogen and oxygen atoms in total. The van der Waals surface area contributed by atoms with Crippen LogP contribution in [0.3, 0.4) is 0 Å². The fraction of sp³-hybridized carbons (Fsp3) is 0.625. The second-order valence-corrected chi connectivity index (χ2v) is 5.89. The molecule has 1 N–H and O–H groups in total. The van der Waals surface area contributed by atoms with Gasteiger partial charge in [0, 0.05) is 37.8 Å². The van der Waals surface area contributed by atoms with E-state index < -0.39 is 0 Å². The second kappa shape index (κ2) is 6.02. The number of phenols is 1. The monoisotopic (exact) mass is 276 g/mol. The Morgan fingerprint density at radius 1 is 1.25 bits per heavy atom. The van der Waals surface area contributed by atoms with E-state index in [-0.39, 0.29) is 0 Å². The minimum Gasteiger partial charge on any atom is -0.504 e. The Morgan fingerprint density at radius 2 is 2.15 bits per heavy atom. The van der Waals surface area contributed by atoms with Crippen molar-refractivity contribution in [3.05, 3.63) is 23.8 Å². The van der Waals surface area contributed by atoms with Gasteiger partial charge in [0.05, 0.1) is 7.11 Å². The van der Waals surface area contributed by atoms with Gasteiger partial charge in [-0.05, 0) is 25.5 Å². The van der Waals surface area contributed by atoms with E-state index in [1.54, 1.807) is 13.2 Å². The molecule has 4 heteroatoms. The summed E-state index contributed by atoms with van der Waals surface area (Å²) in [4.78, 5) is 5.09. The van der Waals surface area contributed by atoms with Gasteiger partial charge in [0.1, 0.15) is 0 Å². The SMILES string of the molecule is COc1cccc(CN2CCN3CCCCC3C2)c1O. The Kier molecular flexibility index (Phi) is 4.13. The van der Waals surface area contributed by atoms with Gasteiger partial charge in [-0.1, -0.05) is 18.6 Å². The molecular weight excluding hydrogens is 252 g/mol. The number of phenolic OH excluding ortho intramolecular Hbond substituents is 1. The average molecular weight is 276 g/mol. The van der Waals surface area contributed by atoms with Crippen LogP contribution < -0.4 is 4.74 Å². The fourth-order valence-electron chi connectivity index (χ4n) is 3.46. The van der Waals surface area contributed by atoms with Crippen LogP contribution in [0.1, 0.15) is 24.8 Å². The van der Waals surface area contributed by atoms with E-state index in [0.717, 1.165) is 31.7 Å². The molecule has 0 bridgehead atoms. The van der Waals surface area contributed by atoms with Gasteiger partial charge in [-0.3, -0.25) is 9.80 Å². The van der Waals surface area contributed by atoms with E-state index in [9.17, 15) is 5.11 Å². The quantitative estimate of drug-likeness (QED) is 0.917. The zero-order valence-electron chi connectivity index (χ0n) is 12.2. The second-order valence-electron chi connectivity index (χ2n) is 5.89. The van der Waals surface area contributed by atoms with Crippen LogP contribution in [0.4, 0.5) is 0 Å². The molecule has 110 valence electrons. The van der Waals surface area contributed by atoms with E-state index in [1.165, 1.54) is 25.8 Å². The van der Waals surface area contributed by atoms with Crippen LogP contribution in [-0.2, 0) is 6.54 Å². The molecule has 0 aliphatic carbocycles. The third kappa shape index (κ3) is 2.76. The van der Waals surface area contributed by atoms with Gasteiger partial charge in [-0.15, -0.1) is 0 Å². The van der Waals surface area contributed by atoms with Crippen LogP contribution in [0.5, 0.6) is 11.5 Å². The number of ether oxygens (including phenoxy) is 1. The summed E-state index contributed by atoms with van der Waals surface area (Å²) >= 11 is 0. The molecule has 1 unspecified atom stereocenters. The van der Waals surface area contributed by atoms with E-state index in [0.29, 0.717) is 17.5 Å². The summed E-state index contributed by atoms with van der Waals surface area (Å²) in [5.41, 5.74) is 0.966. The Labute approximate surface area is 120 Å². The molecule has 2 saturated heterocycles. The van der Waals surface area contributed by atoms with Crippen LogP contribution in [-0.4, -0.2) is 54.2 Å². The molecule has 0 radical (unpaired) electrons. The number of rotatable bonds is 3. The minimum atomic E-state index is 0.293.